The lowest BCUT2D eigenvalue weighted by Gasteiger charge is -2.27. The van der Waals surface area contributed by atoms with Gasteiger partial charge in [0.2, 0.25) is 0 Å². The van der Waals surface area contributed by atoms with E-state index in [1.807, 2.05) is 0 Å². The van der Waals surface area contributed by atoms with Crippen molar-refractivity contribution in [3.63, 3.8) is 0 Å². The summed E-state index contributed by atoms with van der Waals surface area (Å²) in [5.74, 6) is -1.24. The van der Waals surface area contributed by atoms with Gasteiger partial charge in [0.05, 0.1) is 27.8 Å². The van der Waals surface area contributed by atoms with E-state index in [2.05, 4.69) is 5.32 Å². The molecule has 2 aromatic carbocycles. The molecule has 0 radical (unpaired) electrons. The minimum atomic E-state index is -1.10. The molecule has 1 heterocycles. The van der Waals surface area contributed by atoms with Crippen molar-refractivity contribution in [1.82, 2.24) is 5.32 Å². The second-order valence-corrected chi connectivity index (χ2v) is 10.0. The molecule has 1 aliphatic heterocycles. The first-order chi connectivity index (χ1) is 14.9. The van der Waals surface area contributed by atoms with Crippen LogP contribution in [0.4, 0.5) is 10.5 Å². The third kappa shape index (κ3) is 5.88. The van der Waals surface area contributed by atoms with E-state index in [0.717, 1.165) is 4.90 Å². The number of alkyl carbamates (subject to hydrolysis) is 1. The summed E-state index contributed by atoms with van der Waals surface area (Å²) in [7, 11) is 0. The fourth-order valence-electron chi connectivity index (χ4n) is 3.07. The molecule has 0 saturated heterocycles. The van der Waals surface area contributed by atoms with Gasteiger partial charge in [-0.15, -0.1) is 11.8 Å². The number of carbonyl (C=O) groups is 3. The molecule has 10 heteroatoms. The first-order valence-corrected chi connectivity index (χ1v) is 11.4. The molecule has 32 heavy (non-hydrogen) atoms. The van der Waals surface area contributed by atoms with Crippen molar-refractivity contribution in [3.8, 4) is 0 Å². The van der Waals surface area contributed by atoms with Crippen LogP contribution in [-0.4, -0.2) is 40.5 Å². The van der Waals surface area contributed by atoms with E-state index in [1.54, 1.807) is 45.0 Å². The Labute approximate surface area is 200 Å². The first-order valence-electron chi connectivity index (χ1n) is 9.69. The van der Waals surface area contributed by atoms with E-state index >= 15 is 0 Å². The van der Waals surface area contributed by atoms with Crippen molar-refractivity contribution in [3.05, 3.63) is 57.6 Å². The molecule has 0 saturated carbocycles. The van der Waals surface area contributed by atoms with Crippen molar-refractivity contribution >= 4 is 58.6 Å². The van der Waals surface area contributed by atoms with Crippen LogP contribution in [0.25, 0.3) is 0 Å². The summed E-state index contributed by atoms with van der Waals surface area (Å²) >= 11 is 13.5. The number of hydrogen-bond acceptors (Lipinski definition) is 5. The van der Waals surface area contributed by atoms with Gasteiger partial charge in [-0.25, -0.2) is 9.59 Å². The van der Waals surface area contributed by atoms with Crippen molar-refractivity contribution in [1.29, 1.82) is 0 Å². The lowest BCUT2D eigenvalue weighted by atomic mass is 10.1. The average molecular weight is 497 g/mol. The highest BCUT2D eigenvalue weighted by Crippen LogP contribution is 2.36. The summed E-state index contributed by atoms with van der Waals surface area (Å²) in [5, 5.41) is 12.8. The Kier molecular flexibility index (Phi) is 7.27. The van der Waals surface area contributed by atoms with E-state index in [4.69, 9.17) is 27.9 Å². The number of carbonyl (C=O) groups excluding carboxylic acids is 2. The number of ether oxygens (including phenoxy) is 1. The summed E-state index contributed by atoms with van der Waals surface area (Å²) in [6.45, 7) is 5.31. The van der Waals surface area contributed by atoms with Gasteiger partial charge in [0.15, 0.2) is 0 Å². The van der Waals surface area contributed by atoms with E-state index in [1.165, 1.54) is 28.8 Å². The van der Waals surface area contributed by atoms with Gasteiger partial charge < -0.3 is 20.1 Å². The summed E-state index contributed by atoms with van der Waals surface area (Å²) in [6, 6.07) is 8.73. The average Bonchev–Trinajstić information content (AvgIpc) is 2.81. The maximum absolute atomic E-state index is 13.5. The molecule has 0 bridgehead atoms. The second kappa shape index (κ2) is 9.60. The molecule has 3 rings (SSSR count). The molecule has 0 fully saturated rings. The highest BCUT2D eigenvalue weighted by molar-refractivity contribution is 7.99. The number of thioether (sulfide) groups is 1. The Morgan fingerprint density at radius 2 is 1.91 bits per heavy atom. The summed E-state index contributed by atoms with van der Waals surface area (Å²) in [5.41, 5.74) is 0.473. The van der Waals surface area contributed by atoms with Crippen LogP contribution in [-0.2, 0) is 16.1 Å². The SMILES string of the molecule is CC(C)(C)OC(=O)N[C@H]1CSc2ccc(C(=O)O)cc2N(Cc2ccc(Cl)c(Cl)c2)C1=O. The number of fused-ring (bicyclic) bond motifs is 1. The minimum Gasteiger partial charge on any atom is -0.478 e. The number of amides is 2. The van der Waals surface area contributed by atoms with Gasteiger partial charge in [-0.3, -0.25) is 4.79 Å². The maximum Gasteiger partial charge on any atom is 0.408 e. The van der Waals surface area contributed by atoms with Crippen molar-refractivity contribution < 1.29 is 24.2 Å². The highest BCUT2D eigenvalue weighted by atomic mass is 35.5. The van der Waals surface area contributed by atoms with Gasteiger partial charge in [-0.2, -0.15) is 0 Å². The van der Waals surface area contributed by atoms with Crippen LogP contribution >= 0.6 is 35.0 Å². The van der Waals surface area contributed by atoms with Crippen LogP contribution in [0.2, 0.25) is 10.0 Å². The van der Waals surface area contributed by atoms with Gasteiger partial charge in [-0.1, -0.05) is 29.3 Å². The minimum absolute atomic E-state index is 0.0508. The molecule has 0 aliphatic carbocycles. The van der Waals surface area contributed by atoms with E-state index in [-0.39, 0.29) is 17.9 Å². The molecule has 2 N–H and O–H groups in total. The Bertz CT molecular complexity index is 1070. The molecule has 1 aliphatic rings. The first kappa shape index (κ1) is 24.2. The number of anilines is 1. The zero-order chi connectivity index (χ0) is 23.6. The Hall–Kier alpha value is -2.42. The number of aromatic carboxylic acids is 1. The van der Waals surface area contributed by atoms with Gasteiger partial charge in [0.1, 0.15) is 11.6 Å². The molecular weight excluding hydrogens is 475 g/mol. The smallest absolute Gasteiger partial charge is 0.408 e. The van der Waals surface area contributed by atoms with Gasteiger partial charge in [-0.05, 0) is 56.7 Å². The number of nitrogens with one attached hydrogen (secondary N) is 1. The molecule has 7 nitrogen and oxygen atoms in total. The number of carboxylic acid groups (broad SMARTS) is 1. The van der Waals surface area contributed by atoms with E-state index in [9.17, 15) is 19.5 Å². The van der Waals surface area contributed by atoms with Gasteiger partial charge in [0, 0.05) is 10.6 Å². The predicted octanol–water partition coefficient (Wildman–Crippen LogP) is 5.22. The highest BCUT2D eigenvalue weighted by Gasteiger charge is 2.33. The van der Waals surface area contributed by atoms with Crippen LogP contribution in [0.15, 0.2) is 41.3 Å². The monoisotopic (exact) mass is 496 g/mol. The van der Waals surface area contributed by atoms with Crippen molar-refractivity contribution in [2.45, 2.75) is 43.9 Å². The summed E-state index contributed by atoms with van der Waals surface area (Å²) < 4.78 is 5.30. The molecular formula is C22H22Cl2N2O5S. The van der Waals surface area contributed by atoms with E-state index < -0.39 is 29.6 Å². The Morgan fingerprint density at radius 3 is 2.53 bits per heavy atom. The molecule has 0 spiro atoms. The maximum atomic E-state index is 13.5. The van der Waals surface area contributed by atoms with E-state index in [0.29, 0.717) is 21.3 Å². The molecule has 170 valence electrons. The summed E-state index contributed by atoms with van der Waals surface area (Å²) in [6.07, 6.45) is -0.705. The number of nitrogens with zero attached hydrogens (tertiary/aromatic N) is 1. The summed E-state index contributed by atoms with van der Waals surface area (Å²) in [4.78, 5) is 39.5. The number of rotatable bonds is 4. The second-order valence-electron chi connectivity index (χ2n) is 8.17. The molecule has 0 aromatic heterocycles. The van der Waals surface area contributed by atoms with Crippen molar-refractivity contribution in [2.24, 2.45) is 0 Å². The third-order valence-corrected chi connectivity index (χ3v) is 6.38. The number of carboxylic acids is 1. The fourth-order valence-corrected chi connectivity index (χ4v) is 4.45. The molecule has 1 atom stereocenters. The Balaban J connectivity index is 1.98. The fraction of sp³-hybridized carbons (Fsp3) is 0.318. The third-order valence-electron chi connectivity index (χ3n) is 4.48. The van der Waals surface area contributed by atoms with Gasteiger partial charge >= 0.3 is 12.1 Å². The molecule has 2 aromatic rings. The zero-order valence-corrected chi connectivity index (χ0v) is 20.0. The lowest BCUT2D eigenvalue weighted by Crippen LogP contribution is -2.50. The Morgan fingerprint density at radius 1 is 1.19 bits per heavy atom. The van der Waals surface area contributed by atoms with Crippen LogP contribution in [0.1, 0.15) is 36.7 Å². The normalized spacial score (nSPS) is 16.2. The van der Waals surface area contributed by atoms with Crippen LogP contribution in [0, 0.1) is 0 Å². The van der Waals surface area contributed by atoms with Crippen LogP contribution < -0.4 is 10.2 Å². The largest absolute Gasteiger partial charge is 0.478 e. The lowest BCUT2D eigenvalue weighted by molar-refractivity contribution is -0.120. The van der Waals surface area contributed by atoms with Crippen LogP contribution in [0.5, 0.6) is 0 Å². The molecule has 2 amide bonds. The zero-order valence-electron chi connectivity index (χ0n) is 17.6. The molecule has 0 unspecified atom stereocenters. The standard InChI is InChI=1S/C22H22Cl2N2O5S/c1-22(2,3)31-21(30)25-16-11-32-18-7-5-13(20(28)29)9-17(18)26(19(16)27)10-12-4-6-14(23)15(24)8-12/h4-9,16H,10-11H2,1-3H3,(H,25,30)(H,28,29)/t16-/m0/s1. The quantitative estimate of drug-likeness (QED) is 0.601. The van der Waals surface area contributed by atoms with Gasteiger partial charge in [0.25, 0.3) is 5.91 Å². The van der Waals surface area contributed by atoms with Crippen molar-refractivity contribution in [2.75, 3.05) is 10.7 Å². The predicted molar refractivity (Wildman–Crippen MR) is 125 cm³/mol. The number of halogens is 2. The van der Waals surface area contributed by atoms with Crippen LogP contribution in [0.3, 0.4) is 0 Å². The number of hydrogen-bond donors (Lipinski definition) is 2. The topological polar surface area (TPSA) is 95.9 Å². The number of benzene rings is 2.